The Balaban J connectivity index is 2.01. The molecular weight excluding hydrogens is 397 g/mol. The predicted octanol–water partition coefficient (Wildman–Crippen LogP) is 4.47. The van der Waals surface area contributed by atoms with Crippen LogP contribution in [0.1, 0.15) is 27.3 Å². The summed E-state index contributed by atoms with van der Waals surface area (Å²) in [6.07, 6.45) is -3.06. The fourth-order valence-electron chi connectivity index (χ4n) is 2.48. The van der Waals surface area contributed by atoms with Crippen molar-refractivity contribution in [1.29, 1.82) is 0 Å². The summed E-state index contributed by atoms with van der Waals surface area (Å²) < 4.78 is 42.5. The number of carbonyl (C=O) groups is 1. The lowest BCUT2D eigenvalue weighted by atomic mass is 10.1. The van der Waals surface area contributed by atoms with E-state index in [1.807, 2.05) is 0 Å². The molecule has 144 valence electrons. The van der Waals surface area contributed by atoms with Crippen LogP contribution in [0.5, 0.6) is 0 Å². The second kappa shape index (κ2) is 7.47. The minimum Gasteiger partial charge on any atom is -0.465 e. The maximum atomic E-state index is 12.6. The highest BCUT2D eigenvalue weighted by Crippen LogP contribution is 2.30. The molecule has 0 spiro atoms. The first-order valence-electron chi connectivity index (χ1n) is 7.86. The van der Waals surface area contributed by atoms with Crippen LogP contribution < -0.4 is 5.56 Å². The number of fused-ring (bicyclic) bond motifs is 1. The Labute approximate surface area is 161 Å². The van der Waals surface area contributed by atoms with Gasteiger partial charge in [0.1, 0.15) is 0 Å². The summed E-state index contributed by atoms with van der Waals surface area (Å²) in [5, 5.41) is 0.262. The van der Waals surface area contributed by atoms with E-state index >= 15 is 0 Å². The van der Waals surface area contributed by atoms with E-state index in [0.717, 1.165) is 12.1 Å². The average molecular weight is 409 g/mol. The van der Waals surface area contributed by atoms with E-state index in [9.17, 15) is 22.8 Å². The fourth-order valence-corrected chi connectivity index (χ4v) is 2.70. The minimum atomic E-state index is -4.44. The smallest absolute Gasteiger partial charge is 0.416 e. The number of carbonyl (C=O) groups excluding carboxylic acids is 1. The van der Waals surface area contributed by atoms with Crippen LogP contribution in [0.25, 0.3) is 22.0 Å². The second-order valence-corrected chi connectivity index (χ2v) is 6.16. The van der Waals surface area contributed by atoms with Crippen LogP contribution in [-0.2, 0) is 10.9 Å². The van der Waals surface area contributed by atoms with Crippen LogP contribution >= 0.6 is 11.6 Å². The van der Waals surface area contributed by atoms with Crippen molar-refractivity contribution in [3.05, 3.63) is 75.3 Å². The molecule has 0 atom stereocenters. The molecule has 28 heavy (non-hydrogen) atoms. The first kappa shape index (κ1) is 19.6. The molecule has 2 aromatic carbocycles. The lowest BCUT2D eigenvalue weighted by Gasteiger charge is -2.07. The SMILES string of the molecule is COC(=O)c1ccc2c(=O)[nH]c(C(Cl)=Cc3ccc(C(F)(F)F)cc3)nc2c1. The number of hydrogen-bond acceptors (Lipinski definition) is 4. The minimum absolute atomic E-state index is 0.0149. The van der Waals surface area contributed by atoms with E-state index in [1.165, 1.54) is 43.5 Å². The number of esters is 1. The molecule has 9 heteroatoms. The van der Waals surface area contributed by atoms with Crippen LogP contribution in [0.4, 0.5) is 13.2 Å². The zero-order valence-corrected chi connectivity index (χ0v) is 15.1. The molecule has 0 bridgehead atoms. The van der Waals surface area contributed by atoms with Gasteiger partial charge >= 0.3 is 12.1 Å². The molecule has 0 aliphatic heterocycles. The molecule has 0 aliphatic carbocycles. The van der Waals surface area contributed by atoms with Crippen molar-refractivity contribution in [2.45, 2.75) is 6.18 Å². The van der Waals surface area contributed by atoms with Crippen LogP contribution in [0.15, 0.2) is 47.3 Å². The van der Waals surface area contributed by atoms with Crippen molar-refractivity contribution < 1.29 is 22.7 Å². The first-order chi connectivity index (χ1) is 13.2. The maximum absolute atomic E-state index is 12.6. The summed E-state index contributed by atoms with van der Waals surface area (Å²) in [4.78, 5) is 30.6. The molecule has 0 amide bonds. The fraction of sp³-hybridized carbons (Fsp3) is 0.105. The Morgan fingerprint density at radius 1 is 1.18 bits per heavy atom. The second-order valence-electron chi connectivity index (χ2n) is 5.75. The number of halogens is 4. The van der Waals surface area contributed by atoms with Gasteiger partial charge in [0.15, 0.2) is 5.82 Å². The van der Waals surface area contributed by atoms with E-state index < -0.39 is 23.3 Å². The van der Waals surface area contributed by atoms with Gasteiger partial charge in [-0.1, -0.05) is 23.7 Å². The standard InChI is InChI=1S/C19H12ClF3N2O3/c1-28-18(27)11-4-7-13-15(9-11)24-16(25-17(13)26)14(20)8-10-2-5-12(6-3-10)19(21,22)23/h2-9H,1H3,(H,24,25,26). The van der Waals surface area contributed by atoms with Crippen LogP contribution in [-0.4, -0.2) is 23.0 Å². The van der Waals surface area contributed by atoms with Gasteiger partial charge in [0.25, 0.3) is 5.56 Å². The summed E-state index contributed by atoms with van der Waals surface area (Å²) in [5.74, 6) is -0.571. The number of benzene rings is 2. The third kappa shape index (κ3) is 4.07. The molecule has 5 nitrogen and oxygen atoms in total. The summed E-state index contributed by atoms with van der Waals surface area (Å²) in [6.45, 7) is 0. The molecule has 1 aromatic heterocycles. The van der Waals surface area contributed by atoms with Gasteiger partial charge in [-0.05, 0) is 42.0 Å². The quantitative estimate of drug-likeness (QED) is 0.649. The third-order valence-corrected chi connectivity index (χ3v) is 4.17. The highest BCUT2D eigenvalue weighted by molar-refractivity contribution is 6.50. The summed E-state index contributed by atoms with van der Waals surface area (Å²) in [5.41, 5.74) is -0.435. The molecule has 3 aromatic rings. The van der Waals surface area contributed by atoms with E-state index in [2.05, 4.69) is 14.7 Å². The van der Waals surface area contributed by atoms with Gasteiger partial charge in [-0.2, -0.15) is 13.2 Å². The molecule has 3 rings (SSSR count). The zero-order chi connectivity index (χ0) is 20.5. The number of H-pyrrole nitrogens is 1. The molecule has 0 saturated heterocycles. The topological polar surface area (TPSA) is 72.1 Å². The number of aromatic amines is 1. The Hall–Kier alpha value is -3.13. The van der Waals surface area contributed by atoms with Gasteiger partial charge in [0.05, 0.1) is 34.2 Å². The van der Waals surface area contributed by atoms with E-state index in [-0.39, 0.29) is 27.3 Å². The highest BCUT2D eigenvalue weighted by atomic mass is 35.5. The molecule has 1 N–H and O–H groups in total. The van der Waals surface area contributed by atoms with E-state index in [0.29, 0.717) is 5.56 Å². The normalized spacial score (nSPS) is 12.2. The number of aromatic nitrogens is 2. The van der Waals surface area contributed by atoms with Crippen molar-refractivity contribution >= 4 is 39.6 Å². The molecule has 0 fully saturated rings. The largest absolute Gasteiger partial charge is 0.465 e. The van der Waals surface area contributed by atoms with Gasteiger partial charge < -0.3 is 9.72 Å². The van der Waals surface area contributed by atoms with Crippen molar-refractivity contribution in [3.63, 3.8) is 0 Å². The Bertz CT molecular complexity index is 1140. The summed E-state index contributed by atoms with van der Waals surface area (Å²) >= 11 is 6.19. The van der Waals surface area contributed by atoms with Gasteiger partial charge in [0.2, 0.25) is 0 Å². The van der Waals surface area contributed by atoms with Gasteiger partial charge in [-0.15, -0.1) is 0 Å². The number of nitrogens with zero attached hydrogens (tertiary/aromatic N) is 1. The monoisotopic (exact) mass is 408 g/mol. The molecule has 1 heterocycles. The van der Waals surface area contributed by atoms with Gasteiger partial charge in [-0.3, -0.25) is 4.79 Å². The molecule has 0 aliphatic rings. The molecule has 0 unspecified atom stereocenters. The zero-order valence-electron chi connectivity index (χ0n) is 14.3. The lowest BCUT2D eigenvalue weighted by Crippen LogP contribution is -2.11. The average Bonchev–Trinajstić information content (AvgIpc) is 2.66. The Morgan fingerprint density at radius 2 is 1.86 bits per heavy atom. The van der Waals surface area contributed by atoms with Crippen molar-refractivity contribution in [2.24, 2.45) is 0 Å². The van der Waals surface area contributed by atoms with Crippen molar-refractivity contribution in [2.75, 3.05) is 7.11 Å². The Morgan fingerprint density at radius 3 is 2.46 bits per heavy atom. The van der Waals surface area contributed by atoms with Crippen LogP contribution in [0, 0.1) is 0 Å². The number of rotatable bonds is 3. The van der Waals surface area contributed by atoms with Crippen LogP contribution in [0.3, 0.4) is 0 Å². The number of ether oxygens (including phenoxy) is 1. The van der Waals surface area contributed by atoms with Crippen LogP contribution in [0.2, 0.25) is 0 Å². The molecular formula is C19H12ClF3N2O3. The van der Waals surface area contributed by atoms with E-state index in [1.54, 1.807) is 0 Å². The summed E-state index contributed by atoms with van der Waals surface area (Å²) in [7, 11) is 1.23. The number of methoxy groups -OCH3 is 1. The lowest BCUT2D eigenvalue weighted by molar-refractivity contribution is -0.137. The van der Waals surface area contributed by atoms with Gasteiger partial charge in [-0.25, -0.2) is 9.78 Å². The first-order valence-corrected chi connectivity index (χ1v) is 8.24. The number of hydrogen-bond donors (Lipinski definition) is 1. The predicted molar refractivity (Wildman–Crippen MR) is 98.9 cm³/mol. The molecule has 0 radical (unpaired) electrons. The summed E-state index contributed by atoms with van der Waals surface area (Å²) in [6, 6.07) is 8.61. The molecule has 0 saturated carbocycles. The maximum Gasteiger partial charge on any atom is 0.416 e. The Kier molecular flexibility index (Phi) is 5.24. The van der Waals surface area contributed by atoms with Gasteiger partial charge in [0, 0.05) is 0 Å². The number of nitrogens with one attached hydrogen (secondary N) is 1. The van der Waals surface area contributed by atoms with Crippen molar-refractivity contribution in [1.82, 2.24) is 9.97 Å². The third-order valence-electron chi connectivity index (χ3n) is 3.89. The van der Waals surface area contributed by atoms with E-state index in [4.69, 9.17) is 11.6 Å². The highest BCUT2D eigenvalue weighted by Gasteiger charge is 2.29. The number of alkyl halides is 3. The van der Waals surface area contributed by atoms with Crippen molar-refractivity contribution in [3.8, 4) is 0 Å².